The maximum atomic E-state index is 13.8. The van der Waals surface area contributed by atoms with Gasteiger partial charge in [0.25, 0.3) is 5.91 Å². The van der Waals surface area contributed by atoms with E-state index < -0.39 is 11.7 Å². The third-order valence-corrected chi connectivity index (χ3v) is 3.89. The van der Waals surface area contributed by atoms with Crippen LogP contribution < -0.4 is 10.1 Å². The minimum absolute atomic E-state index is 0.0462. The number of benzene rings is 2. The van der Waals surface area contributed by atoms with Crippen molar-refractivity contribution < 1.29 is 13.9 Å². The van der Waals surface area contributed by atoms with Gasteiger partial charge < -0.3 is 4.74 Å². The number of halogens is 1. The fourth-order valence-corrected chi connectivity index (χ4v) is 2.76. The number of fused-ring (bicyclic) bond motifs is 1. The molecule has 4 nitrogen and oxygen atoms in total. The molecule has 1 amide bonds. The van der Waals surface area contributed by atoms with Crippen LogP contribution in [0.4, 0.5) is 9.52 Å². The molecular weight excluding hydrogens is 291 g/mol. The standard InChI is InChI=1S/C15H11FN2O2S/c1-20-9-6-7-10(11(16)8-9)14(19)18-15-17-12-4-2-3-5-13(12)21-15/h2-8H,1H3,(H,17,18,19). The van der Waals surface area contributed by atoms with Crippen LogP contribution in [0.2, 0.25) is 0 Å². The zero-order valence-electron chi connectivity index (χ0n) is 11.1. The minimum Gasteiger partial charge on any atom is -0.497 e. The Hall–Kier alpha value is -2.47. The Morgan fingerprint density at radius 1 is 1.29 bits per heavy atom. The average molecular weight is 302 g/mol. The molecule has 0 aliphatic rings. The fourth-order valence-electron chi connectivity index (χ4n) is 1.90. The summed E-state index contributed by atoms with van der Waals surface area (Å²) in [6, 6.07) is 11.6. The van der Waals surface area contributed by atoms with E-state index >= 15 is 0 Å². The second kappa shape index (κ2) is 5.49. The van der Waals surface area contributed by atoms with Crippen molar-refractivity contribution in [1.29, 1.82) is 0 Å². The number of ether oxygens (including phenoxy) is 1. The molecule has 0 aliphatic heterocycles. The lowest BCUT2D eigenvalue weighted by Crippen LogP contribution is -2.13. The molecule has 0 bridgehead atoms. The molecule has 1 aromatic heterocycles. The van der Waals surface area contributed by atoms with Crippen LogP contribution in [0.15, 0.2) is 42.5 Å². The lowest BCUT2D eigenvalue weighted by Gasteiger charge is -2.05. The second-order valence-corrected chi connectivity index (χ2v) is 5.32. The summed E-state index contributed by atoms with van der Waals surface area (Å²) in [6.45, 7) is 0. The summed E-state index contributed by atoms with van der Waals surface area (Å²) in [6.07, 6.45) is 0. The number of rotatable bonds is 3. The van der Waals surface area contributed by atoms with Crippen molar-refractivity contribution in [2.45, 2.75) is 0 Å². The molecule has 21 heavy (non-hydrogen) atoms. The number of carbonyl (C=O) groups is 1. The van der Waals surface area contributed by atoms with Crippen molar-refractivity contribution in [3.8, 4) is 5.75 Å². The molecule has 0 atom stereocenters. The highest BCUT2D eigenvalue weighted by Gasteiger charge is 2.14. The van der Waals surface area contributed by atoms with Crippen molar-refractivity contribution in [3.05, 3.63) is 53.8 Å². The predicted molar refractivity (Wildman–Crippen MR) is 80.5 cm³/mol. The first-order chi connectivity index (χ1) is 10.2. The molecular formula is C15H11FN2O2S. The zero-order valence-corrected chi connectivity index (χ0v) is 11.9. The van der Waals surface area contributed by atoms with E-state index in [0.717, 1.165) is 10.2 Å². The summed E-state index contributed by atoms with van der Waals surface area (Å²) < 4.78 is 19.7. The van der Waals surface area contributed by atoms with Crippen molar-refractivity contribution in [2.24, 2.45) is 0 Å². The van der Waals surface area contributed by atoms with Gasteiger partial charge in [0.15, 0.2) is 5.13 Å². The number of anilines is 1. The second-order valence-electron chi connectivity index (χ2n) is 4.29. The number of hydrogen-bond acceptors (Lipinski definition) is 4. The zero-order chi connectivity index (χ0) is 14.8. The van der Waals surface area contributed by atoms with E-state index in [2.05, 4.69) is 10.3 Å². The van der Waals surface area contributed by atoms with Gasteiger partial charge >= 0.3 is 0 Å². The topological polar surface area (TPSA) is 51.2 Å². The van der Waals surface area contributed by atoms with Gasteiger partial charge in [-0.1, -0.05) is 23.5 Å². The highest BCUT2D eigenvalue weighted by atomic mass is 32.1. The Labute approximate surface area is 124 Å². The summed E-state index contributed by atoms with van der Waals surface area (Å²) >= 11 is 1.34. The SMILES string of the molecule is COc1ccc(C(=O)Nc2nc3ccccc3s2)c(F)c1. The van der Waals surface area contributed by atoms with Crippen LogP contribution in [-0.2, 0) is 0 Å². The van der Waals surface area contributed by atoms with Gasteiger partial charge in [-0.15, -0.1) is 0 Å². The number of thiazole rings is 1. The van der Waals surface area contributed by atoms with E-state index in [1.807, 2.05) is 24.3 Å². The van der Waals surface area contributed by atoms with Crippen LogP contribution in [0.1, 0.15) is 10.4 Å². The van der Waals surface area contributed by atoms with Crippen molar-refractivity contribution in [2.75, 3.05) is 12.4 Å². The molecule has 1 heterocycles. The summed E-state index contributed by atoms with van der Waals surface area (Å²) in [7, 11) is 1.44. The number of hydrogen-bond donors (Lipinski definition) is 1. The van der Waals surface area contributed by atoms with E-state index in [1.54, 1.807) is 0 Å². The Bertz CT molecular complexity index is 783. The molecule has 0 unspecified atom stereocenters. The molecule has 0 saturated carbocycles. The quantitative estimate of drug-likeness (QED) is 0.802. The van der Waals surface area contributed by atoms with Gasteiger partial charge in [-0.05, 0) is 24.3 Å². The van der Waals surface area contributed by atoms with Crippen molar-refractivity contribution in [1.82, 2.24) is 4.98 Å². The van der Waals surface area contributed by atoms with Crippen molar-refractivity contribution >= 4 is 32.6 Å². The highest BCUT2D eigenvalue weighted by molar-refractivity contribution is 7.22. The van der Waals surface area contributed by atoms with E-state index in [1.165, 1.54) is 36.6 Å². The van der Waals surface area contributed by atoms with Crippen molar-refractivity contribution in [3.63, 3.8) is 0 Å². The predicted octanol–water partition coefficient (Wildman–Crippen LogP) is 3.70. The Balaban J connectivity index is 1.85. The molecule has 0 saturated heterocycles. The van der Waals surface area contributed by atoms with Gasteiger partial charge in [0, 0.05) is 6.07 Å². The number of carbonyl (C=O) groups excluding carboxylic acids is 1. The molecule has 3 rings (SSSR count). The van der Waals surface area contributed by atoms with Crippen LogP contribution in [0.3, 0.4) is 0 Å². The average Bonchev–Trinajstić information content (AvgIpc) is 2.88. The third kappa shape index (κ3) is 2.71. The molecule has 2 aromatic carbocycles. The van der Waals surface area contributed by atoms with E-state index in [-0.39, 0.29) is 5.56 Å². The molecule has 0 aliphatic carbocycles. The van der Waals surface area contributed by atoms with Gasteiger partial charge in [-0.3, -0.25) is 10.1 Å². The maximum absolute atomic E-state index is 13.8. The maximum Gasteiger partial charge on any atom is 0.260 e. The molecule has 106 valence electrons. The van der Waals surface area contributed by atoms with Crippen LogP contribution >= 0.6 is 11.3 Å². The molecule has 0 radical (unpaired) electrons. The Morgan fingerprint density at radius 3 is 2.81 bits per heavy atom. The van der Waals surface area contributed by atoms with Gasteiger partial charge in [0.2, 0.25) is 0 Å². The number of para-hydroxylation sites is 1. The molecule has 0 fully saturated rings. The molecule has 6 heteroatoms. The van der Waals surface area contributed by atoms with Crippen LogP contribution in [0.25, 0.3) is 10.2 Å². The highest BCUT2D eigenvalue weighted by Crippen LogP contribution is 2.26. The number of aromatic nitrogens is 1. The van der Waals surface area contributed by atoms with Crippen LogP contribution in [-0.4, -0.2) is 18.0 Å². The normalized spacial score (nSPS) is 10.6. The number of amides is 1. The number of methoxy groups -OCH3 is 1. The number of nitrogens with zero attached hydrogens (tertiary/aromatic N) is 1. The Kier molecular flexibility index (Phi) is 3.53. The summed E-state index contributed by atoms with van der Waals surface area (Å²) in [5.41, 5.74) is 0.753. The lowest BCUT2D eigenvalue weighted by molar-refractivity contribution is 0.102. The summed E-state index contributed by atoms with van der Waals surface area (Å²) in [5, 5.41) is 3.05. The first-order valence-electron chi connectivity index (χ1n) is 6.18. The first-order valence-corrected chi connectivity index (χ1v) is 6.99. The molecule has 0 spiro atoms. The van der Waals surface area contributed by atoms with Gasteiger partial charge in [-0.2, -0.15) is 0 Å². The van der Waals surface area contributed by atoms with E-state index in [9.17, 15) is 9.18 Å². The van der Waals surface area contributed by atoms with Gasteiger partial charge in [0.05, 0.1) is 22.9 Å². The van der Waals surface area contributed by atoms with Gasteiger partial charge in [-0.25, -0.2) is 9.37 Å². The monoisotopic (exact) mass is 302 g/mol. The largest absolute Gasteiger partial charge is 0.497 e. The van der Waals surface area contributed by atoms with Crippen LogP contribution in [0, 0.1) is 5.82 Å². The van der Waals surface area contributed by atoms with E-state index in [4.69, 9.17) is 4.74 Å². The molecule has 1 N–H and O–H groups in total. The third-order valence-electron chi connectivity index (χ3n) is 2.94. The first kappa shape index (κ1) is 13.5. The number of nitrogens with one attached hydrogen (secondary N) is 1. The Morgan fingerprint density at radius 2 is 2.10 bits per heavy atom. The van der Waals surface area contributed by atoms with Gasteiger partial charge in [0.1, 0.15) is 11.6 Å². The summed E-state index contributed by atoms with van der Waals surface area (Å²) in [4.78, 5) is 16.4. The van der Waals surface area contributed by atoms with Crippen LogP contribution in [0.5, 0.6) is 5.75 Å². The summed E-state index contributed by atoms with van der Waals surface area (Å²) in [5.74, 6) is -0.800. The minimum atomic E-state index is -0.632. The smallest absolute Gasteiger partial charge is 0.260 e. The fraction of sp³-hybridized carbons (Fsp3) is 0.0667. The van der Waals surface area contributed by atoms with E-state index in [0.29, 0.717) is 10.9 Å². The lowest BCUT2D eigenvalue weighted by atomic mass is 10.2. The molecule has 3 aromatic rings.